The molecule has 6 nitrogen and oxygen atoms in total. The molecule has 0 bridgehead atoms. The van der Waals surface area contributed by atoms with E-state index in [0.717, 1.165) is 68.6 Å². The van der Waals surface area contributed by atoms with Crippen molar-refractivity contribution >= 4 is 11.3 Å². The van der Waals surface area contributed by atoms with Crippen molar-refractivity contribution < 1.29 is 4.42 Å². The molecule has 3 aromatic rings. The number of fused-ring (bicyclic) bond motifs is 1. The maximum absolute atomic E-state index is 5.72. The van der Waals surface area contributed by atoms with Gasteiger partial charge in [0, 0.05) is 19.0 Å². The minimum atomic E-state index is 0.453. The third-order valence-corrected chi connectivity index (χ3v) is 5.93. The quantitative estimate of drug-likeness (QED) is 0.707. The minimum Gasteiger partial charge on any atom is -0.465 e. The molecule has 5 rings (SSSR count). The molecule has 3 aromatic heterocycles. The SMILES string of the molecule is Cc1ccc(CN2CCC(c3nc4ccc(N5CCCC5)cn4n3)CC2)o1. The second kappa shape index (κ2) is 7.00. The second-order valence-electron chi connectivity index (χ2n) is 7.92. The second-order valence-corrected chi connectivity index (χ2v) is 7.92. The van der Waals surface area contributed by atoms with E-state index in [-0.39, 0.29) is 0 Å². The average Bonchev–Trinajstić information content (AvgIpc) is 3.42. The predicted octanol–water partition coefficient (Wildman–Crippen LogP) is 3.61. The molecule has 2 aliphatic rings. The van der Waals surface area contributed by atoms with E-state index in [9.17, 15) is 0 Å². The highest BCUT2D eigenvalue weighted by Gasteiger charge is 2.24. The van der Waals surface area contributed by atoms with Crippen molar-refractivity contribution in [2.75, 3.05) is 31.1 Å². The Morgan fingerprint density at radius 3 is 2.59 bits per heavy atom. The molecule has 0 saturated carbocycles. The number of furan rings is 1. The molecule has 2 saturated heterocycles. The fourth-order valence-electron chi connectivity index (χ4n) is 4.36. The van der Waals surface area contributed by atoms with Gasteiger partial charge >= 0.3 is 0 Å². The van der Waals surface area contributed by atoms with E-state index in [0.29, 0.717) is 5.92 Å². The molecule has 0 spiro atoms. The Labute approximate surface area is 159 Å². The third kappa shape index (κ3) is 3.46. The molecular weight excluding hydrogens is 338 g/mol. The van der Waals surface area contributed by atoms with Gasteiger partial charge in [0.2, 0.25) is 0 Å². The number of nitrogens with zero attached hydrogens (tertiary/aromatic N) is 5. The topological polar surface area (TPSA) is 49.8 Å². The number of aromatic nitrogens is 3. The van der Waals surface area contributed by atoms with Crippen LogP contribution in [0.3, 0.4) is 0 Å². The first-order valence-electron chi connectivity index (χ1n) is 10.1. The molecule has 0 N–H and O–H groups in total. The highest BCUT2D eigenvalue weighted by Crippen LogP contribution is 2.28. The van der Waals surface area contributed by atoms with E-state index >= 15 is 0 Å². The number of likely N-dealkylation sites (tertiary alicyclic amines) is 1. The highest BCUT2D eigenvalue weighted by molar-refractivity contribution is 5.51. The molecule has 0 unspecified atom stereocenters. The lowest BCUT2D eigenvalue weighted by Gasteiger charge is -2.29. The molecule has 5 heterocycles. The van der Waals surface area contributed by atoms with E-state index in [1.54, 1.807) is 0 Å². The number of aryl methyl sites for hydroxylation is 1. The van der Waals surface area contributed by atoms with Crippen LogP contribution in [0.2, 0.25) is 0 Å². The van der Waals surface area contributed by atoms with Crippen LogP contribution in [0.5, 0.6) is 0 Å². The first kappa shape index (κ1) is 16.8. The summed E-state index contributed by atoms with van der Waals surface area (Å²) in [6.45, 7) is 7.34. The van der Waals surface area contributed by atoms with Crippen molar-refractivity contribution in [2.24, 2.45) is 0 Å². The van der Waals surface area contributed by atoms with Gasteiger partial charge in [-0.15, -0.1) is 0 Å². The molecule has 0 radical (unpaired) electrons. The van der Waals surface area contributed by atoms with Crippen LogP contribution in [0.1, 0.15) is 48.9 Å². The summed E-state index contributed by atoms with van der Waals surface area (Å²) >= 11 is 0. The Hall–Kier alpha value is -2.34. The molecule has 0 amide bonds. The number of hydrogen-bond donors (Lipinski definition) is 0. The fourth-order valence-corrected chi connectivity index (χ4v) is 4.36. The van der Waals surface area contributed by atoms with Gasteiger partial charge in [0.25, 0.3) is 0 Å². The first-order valence-corrected chi connectivity index (χ1v) is 10.1. The maximum Gasteiger partial charge on any atom is 0.155 e. The van der Waals surface area contributed by atoms with Crippen LogP contribution in [0.25, 0.3) is 5.65 Å². The molecule has 142 valence electrons. The summed E-state index contributed by atoms with van der Waals surface area (Å²) in [5.74, 6) is 3.50. The minimum absolute atomic E-state index is 0.453. The number of piperidine rings is 1. The molecular formula is C21H27N5O. The molecule has 27 heavy (non-hydrogen) atoms. The van der Waals surface area contributed by atoms with Crippen molar-refractivity contribution in [3.63, 3.8) is 0 Å². The van der Waals surface area contributed by atoms with Gasteiger partial charge in [0.05, 0.1) is 18.4 Å². The number of hydrogen-bond acceptors (Lipinski definition) is 5. The zero-order chi connectivity index (χ0) is 18.2. The summed E-state index contributed by atoms with van der Waals surface area (Å²) in [6.07, 6.45) is 6.93. The molecule has 0 aliphatic carbocycles. The largest absolute Gasteiger partial charge is 0.465 e. The standard InChI is InChI=1S/C21H27N5O/c1-16-4-6-19(27-16)15-24-12-8-17(9-13-24)21-22-20-7-5-18(14-26(20)23-21)25-10-2-3-11-25/h4-7,14,17H,2-3,8-13,15H2,1H3. The number of rotatable bonds is 4. The van der Waals surface area contributed by atoms with E-state index in [4.69, 9.17) is 14.5 Å². The van der Waals surface area contributed by atoms with Crippen LogP contribution < -0.4 is 4.90 Å². The Morgan fingerprint density at radius 1 is 1.04 bits per heavy atom. The number of anilines is 1. The van der Waals surface area contributed by atoms with Gasteiger partial charge in [0.1, 0.15) is 11.5 Å². The smallest absolute Gasteiger partial charge is 0.155 e. The van der Waals surface area contributed by atoms with Gasteiger partial charge in [-0.05, 0) is 70.0 Å². The normalized spacial score (nSPS) is 19.4. The van der Waals surface area contributed by atoms with Crippen LogP contribution in [-0.4, -0.2) is 45.7 Å². The molecule has 6 heteroatoms. The van der Waals surface area contributed by atoms with E-state index in [1.165, 1.54) is 18.5 Å². The summed E-state index contributed by atoms with van der Waals surface area (Å²) < 4.78 is 7.69. The highest BCUT2D eigenvalue weighted by atomic mass is 16.3. The first-order chi connectivity index (χ1) is 13.2. The van der Waals surface area contributed by atoms with Gasteiger partial charge in [0.15, 0.2) is 11.5 Å². The van der Waals surface area contributed by atoms with Gasteiger partial charge in [-0.25, -0.2) is 9.50 Å². The van der Waals surface area contributed by atoms with Crippen LogP contribution in [0.4, 0.5) is 5.69 Å². The van der Waals surface area contributed by atoms with E-state index in [1.807, 2.05) is 17.5 Å². The maximum atomic E-state index is 5.72. The molecule has 0 atom stereocenters. The lowest BCUT2D eigenvalue weighted by atomic mass is 9.96. The predicted molar refractivity (Wildman–Crippen MR) is 105 cm³/mol. The Bertz CT molecular complexity index is 916. The van der Waals surface area contributed by atoms with Crippen molar-refractivity contribution in [3.05, 3.63) is 47.8 Å². The molecule has 0 aromatic carbocycles. The Balaban J connectivity index is 1.25. The lowest BCUT2D eigenvalue weighted by Crippen LogP contribution is -2.32. The third-order valence-electron chi connectivity index (χ3n) is 5.93. The zero-order valence-corrected chi connectivity index (χ0v) is 16.0. The van der Waals surface area contributed by atoms with Crippen LogP contribution in [0.15, 0.2) is 34.9 Å². The summed E-state index contributed by atoms with van der Waals surface area (Å²) in [4.78, 5) is 9.72. The molecule has 2 fully saturated rings. The average molecular weight is 365 g/mol. The summed E-state index contributed by atoms with van der Waals surface area (Å²) in [5, 5.41) is 4.82. The summed E-state index contributed by atoms with van der Waals surface area (Å²) in [5.41, 5.74) is 2.22. The van der Waals surface area contributed by atoms with Crippen LogP contribution >= 0.6 is 0 Å². The van der Waals surface area contributed by atoms with Crippen LogP contribution in [0, 0.1) is 6.92 Å². The van der Waals surface area contributed by atoms with Crippen molar-refractivity contribution in [1.82, 2.24) is 19.5 Å². The van der Waals surface area contributed by atoms with E-state index in [2.05, 4.69) is 34.2 Å². The van der Waals surface area contributed by atoms with Gasteiger partial charge < -0.3 is 9.32 Å². The lowest BCUT2D eigenvalue weighted by molar-refractivity contribution is 0.187. The van der Waals surface area contributed by atoms with Gasteiger partial charge in [-0.1, -0.05) is 0 Å². The Morgan fingerprint density at radius 2 is 1.85 bits per heavy atom. The number of pyridine rings is 1. The van der Waals surface area contributed by atoms with Crippen molar-refractivity contribution in [2.45, 2.75) is 45.1 Å². The fraction of sp³-hybridized carbons (Fsp3) is 0.524. The summed E-state index contributed by atoms with van der Waals surface area (Å²) in [7, 11) is 0. The van der Waals surface area contributed by atoms with Gasteiger partial charge in [-0.2, -0.15) is 5.10 Å². The van der Waals surface area contributed by atoms with Crippen LogP contribution in [-0.2, 0) is 6.54 Å². The van der Waals surface area contributed by atoms with Gasteiger partial charge in [-0.3, -0.25) is 4.90 Å². The molecule has 2 aliphatic heterocycles. The van der Waals surface area contributed by atoms with Crippen molar-refractivity contribution in [3.8, 4) is 0 Å². The van der Waals surface area contributed by atoms with E-state index < -0.39 is 0 Å². The van der Waals surface area contributed by atoms with Crippen molar-refractivity contribution in [1.29, 1.82) is 0 Å². The monoisotopic (exact) mass is 365 g/mol. The Kier molecular flexibility index (Phi) is 4.36. The zero-order valence-electron chi connectivity index (χ0n) is 16.0. The summed E-state index contributed by atoms with van der Waals surface area (Å²) in [6, 6.07) is 8.42.